The molecule has 4 rings (SSSR count). The third-order valence-corrected chi connectivity index (χ3v) is 7.47. The minimum Gasteiger partial charge on any atom is -0.356 e. The van der Waals surface area contributed by atoms with Gasteiger partial charge in [-0.05, 0) is 37.8 Å². The second-order valence-corrected chi connectivity index (χ2v) is 9.76. The zero-order valence-electron chi connectivity index (χ0n) is 17.2. The minimum atomic E-state index is 0.436. The molecule has 29 heavy (non-hydrogen) atoms. The first-order valence-corrected chi connectivity index (χ1v) is 11.8. The highest BCUT2D eigenvalue weighted by Crippen LogP contribution is 2.29. The molecule has 8 heteroatoms. The van der Waals surface area contributed by atoms with E-state index in [-0.39, 0.29) is 0 Å². The molecule has 2 atom stereocenters. The third-order valence-electron chi connectivity index (χ3n) is 5.53. The van der Waals surface area contributed by atoms with Crippen LogP contribution in [0.5, 0.6) is 0 Å². The van der Waals surface area contributed by atoms with E-state index in [4.69, 9.17) is 0 Å². The monoisotopic (exact) mass is 428 g/mol. The summed E-state index contributed by atoms with van der Waals surface area (Å²) in [6, 6.07) is 4.84. The van der Waals surface area contributed by atoms with E-state index in [1.165, 1.54) is 9.75 Å². The topological polar surface area (TPSA) is 58.3 Å². The Morgan fingerprint density at radius 3 is 3.00 bits per heavy atom. The number of hydrogen-bond acceptors (Lipinski definition) is 5. The van der Waals surface area contributed by atoms with Crippen molar-refractivity contribution in [1.29, 1.82) is 0 Å². The zero-order valence-corrected chi connectivity index (χ0v) is 18.8. The standard InChI is InChI=1S/C21H28N6S2/c1-15-7-10-26(12-19(15)27-11-9-23-14-27)21(22-3)24-8-6-17-4-5-20(29-17)18-13-28-16(2)25-18/h4-5,9,11,13-15,19H,6-8,10,12H2,1-3H3,(H,22,24). The summed E-state index contributed by atoms with van der Waals surface area (Å²) in [6.07, 6.45) is 8.01. The van der Waals surface area contributed by atoms with Crippen molar-refractivity contribution in [3.8, 4) is 10.6 Å². The van der Waals surface area contributed by atoms with Crippen molar-refractivity contribution in [1.82, 2.24) is 24.8 Å². The Labute approximate surface area is 180 Å². The number of rotatable bonds is 5. The van der Waals surface area contributed by atoms with Crippen molar-refractivity contribution in [3.05, 3.63) is 46.1 Å². The lowest BCUT2D eigenvalue weighted by atomic mass is 9.93. The molecule has 1 aliphatic heterocycles. The molecule has 1 N–H and O–H groups in total. The van der Waals surface area contributed by atoms with Gasteiger partial charge in [-0.2, -0.15) is 0 Å². The summed E-state index contributed by atoms with van der Waals surface area (Å²) < 4.78 is 2.23. The van der Waals surface area contributed by atoms with Gasteiger partial charge in [0.05, 0.1) is 27.9 Å². The van der Waals surface area contributed by atoms with Gasteiger partial charge in [0, 0.05) is 49.3 Å². The largest absolute Gasteiger partial charge is 0.356 e. The summed E-state index contributed by atoms with van der Waals surface area (Å²) in [4.78, 5) is 18.4. The van der Waals surface area contributed by atoms with Crippen LogP contribution in [0.4, 0.5) is 0 Å². The van der Waals surface area contributed by atoms with Crippen LogP contribution in [0.2, 0.25) is 0 Å². The van der Waals surface area contributed by atoms with Crippen molar-refractivity contribution >= 4 is 28.6 Å². The number of aromatic nitrogens is 3. The molecule has 1 saturated heterocycles. The number of piperidine rings is 1. The SMILES string of the molecule is CN=C(NCCc1ccc(-c2csc(C)n2)s1)N1CCC(C)C(n2ccnc2)C1. The maximum Gasteiger partial charge on any atom is 0.193 e. The van der Waals surface area contributed by atoms with Crippen molar-refractivity contribution in [3.63, 3.8) is 0 Å². The highest BCUT2D eigenvalue weighted by Gasteiger charge is 2.28. The summed E-state index contributed by atoms with van der Waals surface area (Å²) in [5, 5.41) is 6.82. The van der Waals surface area contributed by atoms with E-state index in [0.29, 0.717) is 12.0 Å². The molecule has 3 aromatic heterocycles. The van der Waals surface area contributed by atoms with Gasteiger partial charge < -0.3 is 14.8 Å². The average molecular weight is 429 g/mol. The predicted molar refractivity (Wildman–Crippen MR) is 122 cm³/mol. The molecule has 1 aliphatic rings. The Morgan fingerprint density at radius 1 is 1.38 bits per heavy atom. The molecule has 2 unspecified atom stereocenters. The van der Waals surface area contributed by atoms with E-state index in [1.807, 2.05) is 30.9 Å². The van der Waals surface area contributed by atoms with E-state index in [9.17, 15) is 0 Å². The van der Waals surface area contributed by atoms with Crippen molar-refractivity contribution < 1.29 is 0 Å². The fourth-order valence-electron chi connectivity index (χ4n) is 3.85. The lowest BCUT2D eigenvalue weighted by molar-refractivity contribution is 0.189. The Hall–Kier alpha value is -2.19. The molecule has 6 nitrogen and oxygen atoms in total. The molecule has 0 aromatic carbocycles. The first kappa shape index (κ1) is 20.1. The number of aliphatic imine (C=N–C) groups is 1. The molecule has 0 bridgehead atoms. The van der Waals surface area contributed by atoms with Crippen LogP contribution in [0.3, 0.4) is 0 Å². The van der Waals surface area contributed by atoms with Crippen molar-refractivity contribution in [2.24, 2.45) is 10.9 Å². The molecular weight excluding hydrogens is 400 g/mol. The lowest BCUT2D eigenvalue weighted by Gasteiger charge is -2.39. The number of hydrogen-bond donors (Lipinski definition) is 1. The maximum atomic E-state index is 4.59. The Bertz CT molecular complexity index is 942. The zero-order chi connectivity index (χ0) is 20.2. The normalized spacial score (nSPS) is 20.2. The maximum absolute atomic E-state index is 4.59. The quantitative estimate of drug-likeness (QED) is 0.491. The number of likely N-dealkylation sites (tertiary alicyclic amines) is 1. The fraction of sp³-hybridized carbons (Fsp3) is 0.476. The lowest BCUT2D eigenvalue weighted by Crippen LogP contribution is -2.49. The second-order valence-electron chi connectivity index (χ2n) is 7.53. The van der Waals surface area contributed by atoms with Gasteiger partial charge in [0.15, 0.2) is 5.96 Å². The van der Waals surface area contributed by atoms with Crippen LogP contribution < -0.4 is 5.32 Å². The highest BCUT2D eigenvalue weighted by atomic mass is 32.1. The van der Waals surface area contributed by atoms with Gasteiger partial charge in [-0.1, -0.05) is 6.92 Å². The van der Waals surface area contributed by atoms with E-state index >= 15 is 0 Å². The van der Waals surface area contributed by atoms with Crippen molar-refractivity contribution in [2.45, 2.75) is 32.7 Å². The molecular formula is C21H28N6S2. The summed E-state index contributed by atoms with van der Waals surface area (Å²) in [5.41, 5.74) is 1.10. The van der Waals surface area contributed by atoms with Crippen LogP contribution in [-0.2, 0) is 6.42 Å². The van der Waals surface area contributed by atoms with Gasteiger partial charge in [-0.25, -0.2) is 9.97 Å². The Balaban J connectivity index is 1.32. The van der Waals surface area contributed by atoms with E-state index < -0.39 is 0 Å². The highest BCUT2D eigenvalue weighted by molar-refractivity contribution is 7.16. The van der Waals surface area contributed by atoms with Crippen LogP contribution in [0.15, 0.2) is 41.2 Å². The van der Waals surface area contributed by atoms with E-state index in [1.54, 1.807) is 11.3 Å². The summed E-state index contributed by atoms with van der Waals surface area (Å²) in [5.74, 6) is 1.63. The third kappa shape index (κ3) is 4.70. The first-order chi connectivity index (χ1) is 14.1. The van der Waals surface area contributed by atoms with Gasteiger partial charge in [-0.15, -0.1) is 22.7 Å². The first-order valence-electron chi connectivity index (χ1n) is 10.1. The number of nitrogens with zero attached hydrogens (tertiary/aromatic N) is 5. The molecule has 4 heterocycles. The number of thiazole rings is 1. The number of nitrogens with one attached hydrogen (secondary N) is 1. The Morgan fingerprint density at radius 2 is 2.28 bits per heavy atom. The fourth-order valence-corrected chi connectivity index (χ4v) is 5.51. The van der Waals surface area contributed by atoms with Gasteiger partial charge in [0.2, 0.25) is 0 Å². The van der Waals surface area contributed by atoms with Gasteiger partial charge in [-0.3, -0.25) is 4.99 Å². The van der Waals surface area contributed by atoms with Gasteiger partial charge in [0.1, 0.15) is 0 Å². The summed E-state index contributed by atoms with van der Waals surface area (Å²) in [6.45, 7) is 7.26. The molecule has 0 amide bonds. The van der Waals surface area contributed by atoms with Crippen LogP contribution in [0.1, 0.15) is 29.3 Å². The van der Waals surface area contributed by atoms with Crippen LogP contribution in [0.25, 0.3) is 10.6 Å². The van der Waals surface area contributed by atoms with Gasteiger partial charge in [0.25, 0.3) is 0 Å². The summed E-state index contributed by atoms with van der Waals surface area (Å²) >= 11 is 3.54. The molecule has 154 valence electrons. The number of aryl methyl sites for hydroxylation is 1. The van der Waals surface area contributed by atoms with Crippen LogP contribution in [0, 0.1) is 12.8 Å². The van der Waals surface area contributed by atoms with Crippen LogP contribution >= 0.6 is 22.7 Å². The number of thiophene rings is 1. The smallest absolute Gasteiger partial charge is 0.193 e. The van der Waals surface area contributed by atoms with Crippen molar-refractivity contribution in [2.75, 3.05) is 26.7 Å². The molecule has 0 aliphatic carbocycles. The molecule has 3 aromatic rings. The van der Waals surface area contributed by atoms with Gasteiger partial charge >= 0.3 is 0 Å². The predicted octanol–water partition coefficient (Wildman–Crippen LogP) is 4.08. The Kier molecular flexibility index (Phi) is 6.30. The van der Waals surface area contributed by atoms with E-state index in [2.05, 4.69) is 67.3 Å². The molecule has 1 fully saturated rings. The average Bonchev–Trinajstić information content (AvgIpc) is 3.48. The van der Waals surface area contributed by atoms with Crippen LogP contribution in [-0.4, -0.2) is 52.1 Å². The molecule has 0 spiro atoms. The molecule has 0 saturated carbocycles. The minimum absolute atomic E-state index is 0.436. The number of guanidine groups is 1. The second kappa shape index (κ2) is 9.09. The molecule has 0 radical (unpaired) electrons. The summed E-state index contributed by atoms with van der Waals surface area (Å²) in [7, 11) is 1.88. The van der Waals surface area contributed by atoms with E-state index in [0.717, 1.165) is 49.1 Å². The number of imidazole rings is 1.